The molecule has 0 spiro atoms. The molecule has 162 valence electrons. The topological polar surface area (TPSA) is 62.3 Å². The van der Waals surface area contributed by atoms with Gasteiger partial charge in [-0.15, -0.1) is 0 Å². The summed E-state index contributed by atoms with van der Waals surface area (Å²) in [7, 11) is 5.88. The molecular weight excluding hydrogens is 374 g/mol. The molecule has 0 aliphatic heterocycles. The predicted octanol–water partition coefficient (Wildman–Crippen LogP) is 3.94. The molecule has 2 aliphatic carbocycles. The van der Waals surface area contributed by atoms with Gasteiger partial charge in [0.25, 0.3) is 0 Å². The van der Waals surface area contributed by atoms with E-state index in [1.165, 1.54) is 42.5 Å². The van der Waals surface area contributed by atoms with Crippen LogP contribution >= 0.6 is 0 Å². The van der Waals surface area contributed by atoms with Gasteiger partial charge in [-0.1, -0.05) is 12.1 Å². The summed E-state index contributed by atoms with van der Waals surface area (Å²) < 4.78 is 5.32. The maximum absolute atomic E-state index is 5.32. The third-order valence-electron chi connectivity index (χ3n) is 6.37. The lowest BCUT2D eigenvalue weighted by Crippen LogP contribution is -2.37. The van der Waals surface area contributed by atoms with E-state index in [0.29, 0.717) is 12.1 Å². The van der Waals surface area contributed by atoms with Crippen molar-refractivity contribution < 1.29 is 4.74 Å². The second-order valence-electron chi connectivity index (χ2n) is 8.82. The Morgan fingerprint density at radius 2 is 1.80 bits per heavy atom. The first kappa shape index (κ1) is 20.9. The molecule has 1 aromatic carbocycles. The molecule has 2 N–H and O–H groups in total. The molecule has 0 bridgehead atoms. The molecule has 0 radical (unpaired) electrons. The van der Waals surface area contributed by atoms with Crippen LogP contribution in [0.2, 0.25) is 0 Å². The zero-order valence-corrected chi connectivity index (χ0v) is 18.6. The van der Waals surface area contributed by atoms with Gasteiger partial charge >= 0.3 is 0 Å². The monoisotopic (exact) mass is 409 g/mol. The van der Waals surface area contributed by atoms with Crippen molar-refractivity contribution in [1.29, 1.82) is 0 Å². The summed E-state index contributed by atoms with van der Waals surface area (Å²) in [5, 5.41) is 7.36. The Hall–Kier alpha value is -2.34. The molecule has 0 atom stereocenters. The highest BCUT2D eigenvalue weighted by Crippen LogP contribution is 2.29. The molecular formula is C24H35N5O. The Balaban J connectivity index is 1.31. The number of nitrogens with one attached hydrogen (secondary N) is 2. The molecule has 2 aliphatic rings. The molecule has 0 amide bonds. The first-order chi connectivity index (χ1) is 14.6. The SMILES string of the molecule is COc1cccc(CNC2CCC(Nc3nc4c(c(N(C)C)n3)CCCC4)CC2)c1. The molecule has 6 heteroatoms. The highest BCUT2D eigenvalue weighted by atomic mass is 16.5. The standard InChI is InChI=1S/C24H35N5O/c1-29(2)23-21-9-4-5-10-22(21)27-24(28-23)26-19-13-11-18(12-14-19)25-16-17-7-6-8-20(15-17)30-3/h6-8,15,18-19,25H,4-5,9-14,16H2,1-3H3,(H,26,27,28). The van der Waals surface area contributed by atoms with E-state index in [-0.39, 0.29) is 0 Å². The second-order valence-corrected chi connectivity index (χ2v) is 8.82. The molecule has 1 fully saturated rings. The van der Waals surface area contributed by atoms with Crippen LogP contribution in [-0.2, 0) is 19.4 Å². The number of fused-ring (bicyclic) bond motifs is 1. The maximum Gasteiger partial charge on any atom is 0.225 e. The van der Waals surface area contributed by atoms with Crippen LogP contribution in [0, 0.1) is 0 Å². The normalized spacial score (nSPS) is 21.0. The lowest BCUT2D eigenvalue weighted by Gasteiger charge is -2.30. The lowest BCUT2D eigenvalue weighted by molar-refractivity contribution is 0.351. The van der Waals surface area contributed by atoms with Gasteiger partial charge < -0.3 is 20.3 Å². The first-order valence-corrected chi connectivity index (χ1v) is 11.3. The van der Waals surface area contributed by atoms with E-state index in [1.807, 2.05) is 6.07 Å². The fourth-order valence-electron chi connectivity index (χ4n) is 4.68. The van der Waals surface area contributed by atoms with Gasteiger partial charge in [0.05, 0.1) is 12.8 Å². The minimum atomic E-state index is 0.455. The fraction of sp³-hybridized carbons (Fsp3) is 0.583. The molecule has 4 rings (SSSR count). The van der Waals surface area contributed by atoms with Crippen LogP contribution in [0.25, 0.3) is 0 Å². The van der Waals surface area contributed by atoms with Gasteiger partial charge in [-0.25, -0.2) is 4.98 Å². The zero-order valence-electron chi connectivity index (χ0n) is 18.6. The van der Waals surface area contributed by atoms with Crippen molar-refractivity contribution in [3.63, 3.8) is 0 Å². The van der Waals surface area contributed by atoms with E-state index in [2.05, 4.69) is 47.8 Å². The van der Waals surface area contributed by atoms with E-state index in [1.54, 1.807) is 7.11 Å². The van der Waals surface area contributed by atoms with E-state index >= 15 is 0 Å². The number of rotatable bonds is 7. The number of hydrogen-bond acceptors (Lipinski definition) is 6. The minimum Gasteiger partial charge on any atom is -0.497 e. The van der Waals surface area contributed by atoms with Crippen molar-refractivity contribution in [2.45, 2.75) is 70.0 Å². The minimum absolute atomic E-state index is 0.455. The summed E-state index contributed by atoms with van der Waals surface area (Å²) in [5.41, 5.74) is 3.87. The van der Waals surface area contributed by atoms with Crippen LogP contribution in [0.15, 0.2) is 24.3 Å². The van der Waals surface area contributed by atoms with Crippen molar-refractivity contribution in [3.8, 4) is 5.75 Å². The maximum atomic E-state index is 5.32. The summed E-state index contributed by atoms with van der Waals surface area (Å²) in [6.45, 7) is 0.889. The van der Waals surface area contributed by atoms with E-state index < -0.39 is 0 Å². The summed E-state index contributed by atoms with van der Waals surface area (Å²) >= 11 is 0. The first-order valence-electron chi connectivity index (χ1n) is 11.3. The molecule has 6 nitrogen and oxygen atoms in total. The third kappa shape index (κ3) is 5.04. The van der Waals surface area contributed by atoms with Crippen molar-refractivity contribution in [1.82, 2.24) is 15.3 Å². The van der Waals surface area contributed by atoms with Gasteiger partial charge in [-0.3, -0.25) is 0 Å². The summed E-state index contributed by atoms with van der Waals surface area (Å²) in [4.78, 5) is 11.9. The van der Waals surface area contributed by atoms with Crippen LogP contribution in [-0.4, -0.2) is 43.3 Å². The van der Waals surface area contributed by atoms with Gasteiger partial charge in [0.15, 0.2) is 0 Å². The van der Waals surface area contributed by atoms with Gasteiger partial charge in [-0.2, -0.15) is 4.98 Å². The Bertz CT molecular complexity index is 845. The largest absolute Gasteiger partial charge is 0.497 e. The average Bonchev–Trinajstić information content (AvgIpc) is 2.78. The highest BCUT2D eigenvalue weighted by Gasteiger charge is 2.23. The van der Waals surface area contributed by atoms with E-state index in [0.717, 1.165) is 49.7 Å². The number of hydrogen-bond donors (Lipinski definition) is 2. The molecule has 30 heavy (non-hydrogen) atoms. The summed E-state index contributed by atoms with van der Waals surface area (Å²) in [6.07, 6.45) is 9.31. The molecule has 1 aromatic heterocycles. The van der Waals surface area contributed by atoms with Gasteiger partial charge in [0.2, 0.25) is 5.95 Å². The van der Waals surface area contributed by atoms with Crippen LogP contribution < -0.4 is 20.3 Å². The summed E-state index contributed by atoms with van der Waals surface area (Å²) in [5.74, 6) is 2.83. The molecule has 1 saturated carbocycles. The Morgan fingerprint density at radius 3 is 2.57 bits per heavy atom. The van der Waals surface area contributed by atoms with E-state index in [4.69, 9.17) is 14.7 Å². The zero-order chi connectivity index (χ0) is 20.9. The molecule has 2 aromatic rings. The fourth-order valence-corrected chi connectivity index (χ4v) is 4.68. The quantitative estimate of drug-likeness (QED) is 0.722. The molecule has 0 unspecified atom stereocenters. The van der Waals surface area contributed by atoms with E-state index in [9.17, 15) is 0 Å². The number of aryl methyl sites for hydroxylation is 1. The number of ether oxygens (including phenoxy) is 1. The van der Waals surface area contributed by atoms with Crippen LogP contribution in [0.1, 0.15) is 55.3 Å². The Kier molecular flexibility index (Phi) is 6.72. The number of aromatic nitrogens is 2. The molecule has 0 saturated heterocycles. The Labute approximate surface area is 180 Å². The van der Waals surface area contributed by atoms with Crippen LogP contribution in [0.5, 0.6) is 5.75 Å². The van der Waals surface area contributed by atoms with Crippen LogP contribution in [0.3, 0.4) is 0 Å². The van der Waals surface area contributed by atoms with Gasteiger partial charge in [0.1, 0.15) is 11.6 Å². The van der Waals surface area contributed by atoms with Crippen molar-refractivity contribution in [2.75, 3.05) is 31.4 Å². The van der Waals surface area contributed by atoms with Gasteiger partial charge in [0, 0.05) is 38.3 Å². The number of nitrogens with zero attached hydrogens (tertiary/aromatic N) is 3. The van der Waals surface area contributed by atoms with Gasteiger partial charge in [-0.05, 0) is 69.1 Å². The second kappa shape index (κ2) is 9.65. The third-order valence-corrected chi connectivity index (χ3v) is 6.37. The lowest BCUT2D eigenvalue weighted by atomic mass is 9.91. The Morgan fingerprint density at radius 1 is 1.03 bits per heavy atom. The van der Waals surface area contributed by atoms with Crippen LogP contribution in [0.4, 0.5) is 11.8 Å². The smallest absolute Gasteiger partial charge is 0.225 e. The number of methoxy groups -OCH3 is 1. The molecule has 1 heterocycles. The predicted molar refractivity (Wildman–Crippen MR) is 123 cm³/mol. The van der Waals surface area contributed by atoms with Crippen molar-refractivity contribution in [3.05, 3.63) is 41.1 Å². The highest BCUT2D eigenvalue weighted by molar-refractivity contribution is 5.52. The van der Waals surface area contributed by atoms with Crippen molar-refractivity contribution in [2.24, 2.45) is 0 Å². The average molecular weight is 410 g/mol. The summed E-state index contributed by atoms with van der Waals surface area (Å²) in [6, 6.07) is 9.32. The van der Waals surface area contributed by atoms with Crippen molar-refractivity contribution >= 4 is 11.8 Å². The number of benzene rings is 1. The number of anilines is 2.